The Morgan fingerprint density at radius 3 is 2.59 bits per heavy atom. The molecular formula is C17H20N4O. The van der Waals surface area contributed by atoms with Crippen LogP contribution in [0, 0.1) is 0 Å². The van der Waals surface area contributed by atoms with E-state index in [2.05, 4.69) is 10.0 Å². The quantitative estimate of drug-likeness (QED) is 0.359. The summed E-state index contributed by atoms with van der Waals surface area (Å²) in [6.45, 7) is 0. The standard InChI is InChI=1S/C17H20N4O/c18-20-19-16-15(12-11-13-7-3-1-4-8-13)21(17(16)22)14-9-5-2-6-10-14/h1,3-4,7-8,11-12,14-16H,2,5-6,9-10H2/b12-11+/t15-,16+/m1/s1. The fourth-order valence-corrected chi connectivity index (χ4v) is 3.44. The molecule has 114 valence electrons. The van der Waals surface area contributed by atoms with Crippen LogP contribution in [-0.2, 0) is 4.79 Å². The number of hydrogen-bond donors (Lipinski definition) is 0. The fourth-order valence-electron chi connectivity index (χ4n) is 3.44. The fraction of sp³-hybridized carbons (Fsp3) is 0.471. The summed E-state index contributed by atoms with van der Waals surface area (Å²) in [5.41, 5.74) is 9.77. The summed E-state index contributed by atoms with van der Waals surface area (Å²) in [6.07, 6.45) is 9.74. The van der Waals surface area contributed by atoms with Gasteiger partial charge in [0.05, 0.1) is 6.04 Å². The third-order valence-electron chi connectivity index (χ3n) is 4.58. The number of hydrogen-bond acceptors (Lipinski definition) is 2. The summed E-state index contributed by atoms with van der Waals surface area (Å²) >= 11 is 0. The molecule has 5 heteroatoms. The van der Waals surface area contributed by atoms with Gasteiger partial charge in [0.2, 0.25) is 5.91 Å². The molecule has 0 N–H and O–H groups in total. The lowest BCUT2D eigenvalue weighted by Gasteiger charge is -2.49. The number of carbonyl (C=O) groups is 1. The van der Waals surface area contributed by atoms with Gasteiger partial charge in [0.1, 0.15) is 6.04 Å². The summed E-state index contributed by atoms with van der Waals surface area (Å²) < 4.78 is 0. The summed E-state index contributed by atoms with van der Waals surface area (Å²) in [6, 6.07) is 9.59. The molecule has 0 radical (unpaired) electrons. The molecule has 1 amide bonds. The van der Waals surface area contributed by atoms with Gasteiger partial charge in [-0.3, -0.25) is 4.79 Å². The number of amides is 1. The van der Waals surface area contributed by atoms with Crippen molar-refractivity contribution in [1.29, 1.82) is 0 Å². The van der Waals surface area contributed by atoms with Crippen LogP contribution < -0.4 is 0 Å². The van der Waals surface area contributed by atoms with Gasteiger partial charge in [0.25, 0.3) is 0 Å². The van der Waals surface area contributed by atoms with E-state index in [9.17, 15) is 4.79 Å². The van der Waals surface area contributed by atoms with E-state index in [1.807, 2.05) is 47.4 Å². The van der Waals surface area contributed by atoms with Crippen molar-refractivity contribution in [3.8, 4) is 0 Å². The van der Waals surface area contributed by atoms with Crippen LogP contribution in [0.3, 0.4) is 0 Å². The number of carbonyl (C=O) groups excluding carboxylic acids is 1. The van der Waals surface area contributed by atoms with Crippen molar-refractivity contribution in [2.24, 2.45) is 5.11 Å². The second-order valence-corrected chi connectivity index (χ2v) is 5.95. The van der Waals surface area contributed by atoms with Crippen LogP contribution in [0.5, 0.6) is 0 Å². The molecule has 1 aromatic carbocycles. The van der Waals surface area contributed by atoms with Crippen molar-refractivity contribution >= 4 is 12.0 Å². The van der Waals surface area contributed by atoms with Crippen LogP contribution >= 0.6 is 0 Å². The van der Waals surface area contributed by atoms with Gasteiger partial charge in [-0.2, -0.15) is 0 Å². The highest BCUT2D eigenvalue weighted by Gasteiger charge is 2.48. The molecule has 1 aliphatic heterocycles. The molecule has 0 spiro atoms. The maximum absolute atomic E-state index is 12.3. The Morgan fingerprint density at radius 1 is 1.18 bits per heavy atom. The van der Waals surface area contributed by atoms with Crippen molar-refractivity contribution < 1.29 is 4.79 Å². The van der Waals surface area contributed by atoms with E-state index in [4.69, 9.17) is 5.53 Å². The Morgan fingerprint density at radius 2 is 1.91 bits per heavy atom. The van der Waals surface area contributed by atoms with Crippen LogP contribution in [-0.4, -0.2) is 28.9 Å². The maximum Gasteiger partial charge on any atom is 0.234 e. The van der Waals surface area contributed by atoms with Crippen molar-refractivity contribution in [2.45, 2.75) is 50.2 Å². The molecule has 0 aromatic heterocycles. The molecule has 2 atom stereocenters. The number of β-lactam (4-membered cyclic amide) rings is 1. The number of likely N-dealkylation sites (tertiary alicyclic amines) is 1. The van der Waals surface area contributed by atoms with Crippen molar-refractivity contribution in [2.75, 3.05) is 0 Å². The Balaban J connectivity index is 1.78. The molecule has 1 heterocycles. The zero-order valence-corrected chi connectivity index (χ0v) is 12.5. The Labute approximate surface area is 130 Å². The monoisotopic (exact) mass is 296 g/mol. The predicted octanol–water partition coefficient (Wildman–Crippen LogP) is 3.92. The molecule has 2 aliphatic rings. The highest BCUT2D eigenvalue weighted by molar-refractivity contribution is 5.91. The summed E-state index contributed by atoms with van der Waals surface area (Å²) in [5, 5.41) is 3.69. The van der Waals surface area contributed by atoms with Crippen LogP contribution in [0.2, 0.25) is 0 Å². The normalized spacial score (nSPS) is 25.8. The van der Waals surface area contributed by atoms with E-state index >= 15 is 0 Å². The first-order valence-corrected chi connectivity index (χ1v) is 7.91. The van der Waals surface area contributed by atoms with Crippen molar-refractivity contribution in [3.63, 3.8) is 0 Å². The molecule has 0 bridgehead atoms. The number of azide groups is 1. The van der Waals surface area contributed by atoms with E-state index < -0.39 is 6.04 Å². The first-order chi connectivity index (χ1) is 10.8. The van der Waals surface area contributed by atoms with E-state index in [0.29, 0.717) is 6.04 Å². The average molecular weight is 296 g/mol. The summed E-state index contributed by atoms with van der Waals surface area (Å²) in [4.78, 5) is 17.1. The van der Waals surface area contributed by atoms with Gasteiger partial charge in [0.15, 0.2) is 0 Å². The van der Waals surface area contributed by atoms with Gasteiger partial charge in [0, 0.05) is 11.0 Å². The first kappa shape index (κ1) is 14.7. The Kier molecular flexibility index (Phi) is 4.45. The molecule has 3 rings (SSSR count). The molecule has 1 aliphatic carbocycles. The molecule has 2 fully saturated rings. The first-order valence-electron chi connectivity index (χ1n) is 7.91. The topological polar surface area (TPSA) is 69.1 Å². The second kappa shape index (κ2) is 6.67. The minimum Gasteiger partial charge on any atom is -0.332 e. The van der Waals surface area contributed by atoms with Gasteiger partial charge < -0.3 is 4.90 Å². The minimum atomic E-state index is -0.577. The Bertz CT molecular complexity index is 600. The second-order valence-electron chi connectivity index (χ2n) is 5.95. The molecular weight excluding hydrogens is 276 g/mol. The van der Waals surface area contributed by atoms with E-state index in [1.54, 1.807) is 0 Å². The average Bonchev–Trinajstić information content (AvgIpc) is 2.58. The molecule has 5 nitrogen and oxygen atoms in total. The lowest BCUT2D eigenvalue weighted by molar-refractivity contribution is -0.151. The highest BCUT2D eigenvalue weighted by Crippen LogP contribution is 2.33. The zero-order chi connectivity index (χ0) is 15.4. The molecule has 1 saturated heterocycles. The molecule has 0 unspecified atom stereocenters. The van der Waals surface area contributed by atoms with Gasteiger partial charge >= 0.3 is 0 Å². The number of nitrogens with zero attached hydrogens (tertiary/aromatic N) is 4. The summed E-state index contributed by atoms with van der Waals surface area (Å²) in [7, 11) is 0. The minimum absolute atomic E-state index is 0.0209. The third-order valence-corrected chi connectivity index (χ3v) is 4.58. The maximum atomic E-state index is 12.3. The third kappa shape index (κ3) is 2.85. The van der Waals surface area contributed by atoms with Crippen LogP contribution in [0.15, 0.2) is 41.5 Å². The predicted molar refractivity (Wildman–Crippen MR) is 85.9 cm³/mol. The van der Waals surface area contributed by atoms with Crippen LogP contribution in [0.4, 0.5) is 0 Å². The van der Waals surface area contributed by atoms with E-state index in [0.717, 1.165) is 18.4 Å². The lowest BCUT2D eigenvalue weighted by Crippen LogP contribution is -2.66. The molecule has 1 aromatic rings. The lowest BCUT2D eigenvalue weighted by atomic mass is 9.86. The van der Waals surface area contributed by atoms with E-state index in [1.165, 1.54) is 19.3 Å². The van der Waals surface area contributed by atoms with Crippen LogP contribution in [0.25, 0.3) is 16.5 Å². The SMILES string of the molecule is [N-]=[N+]=N[C@@H]1C(=O)N(C2CCCCC2)[C@@H]1/C=C/c1ccccc1. The zero-order valence-electron chi connectivity index (χ0n) is 12.5. The van der Waals surface area contributed by atoms with E-state index in [-0.39, 0.29) is 11.9 Å². The largest absolute Gasteiger partial charge is 0.332 e. The van der Waals surface area contributed by atoms with Crippen molar-refractivity contribution in [3.05, 3.63) is 52.4 Å². The summed E-state index contributed by atoms with van der Waals surface area (Å²) in [5.74, 6) is -0.0209. The smallest absolute Gasteiger partial charge is 0.234 e. The van der Waals surface area contributed by atoms with Gasteiger partial charge in [-0.05, 0) is 23.9 Å². The van der Waals surface area contributed by atoms with Crippen molar-refractivity contribution in [1.82, 2.24) is 4.90 Å². The van der Waals surface area contributed by atoms with Gasteiger partial charge in [-0.1, -0.05) is 66.9 Å². The van der Waals surface area contributed by atoms with Crippen LogP contribution in [0.1, 0.15) is 37.7 Å². The molecule has 1 saturated carbocycles. The Hall–Kier alpha value is -2.26. The van der Waals surface area contributed by atoms with Gasteiger partial charge in [-0.25, -0.2) is 0 Å². The number of benzene rings is 1. The molecule has 22 heavy (non-hydrogen) atoms. The van der Waals surface area contributed by atoms with Gasteiger partial charge in [-0.15, -0.1) is 0 Å². The number of rotatable bonds is 4. The highest BCUT2D eigenvalue weighted by atomic mass is 16.2.